The fourth-order valence-electron chi connectivity index (χ4n) is 1.70. The number of amides is 2. The maximum atomic E-state index is 11.6. The zero-order valence-corrected chi connectivity index (χ0v) is 12.7. The normalized spacial score (nSPS) is 10.6. The number of urea groups is 1. The van der Waals surface area contributed by atoms with Gasteiger partial charge in [0.2, 0.25) is 0 Å². The van der Waals surface area contributed by atoms with Gasteiger partial charge in [-0.3, -0.25) is 0 Å². The third kappa shape index (κ3) is 5.14. The SMILES string of the molecule is O=C(NC=Cc1ccccc1Cl)NCc1cccc(Cl)c1. The van der Waals surface area contributed by atoms with E-state index in [2.05, 4.69) is 10.6 Å². The molecule has 2 N–H and O–H groups in total. The van der Waals surface area contributed by atoms with Crippen LogP contribution in [0.3, 0.4) is 0 Å². The molecule has 0 aromatic heterocycles. The zero-order valence-electron chi connectivity index (χ0n) is 11.1. The van der Waals surface area contributed by atoms with Crippen molar-refractivity contribution in [1.29, 1.82) is 0 Å². The Kier molecular flexibility index (Phi) is 5.67. The van der Waals surface area contributed by atoms with E-state index in [0.717, 1.165) is 11.1 Å². The predicted molar refractivity (Wildman–Crippen MR) is 87.3 cm³/mol. The fraction of sp³-hybridized carbons (Fsp3) is 0.0625. The summed E-state index contributed by atoms with van der Waals surface area (Å²) >= 11 is 11.9. The molecular formula is C16H14Cl2N2O. The minimum absolute atomic E-state index is 0.293. The van der Waals surface area contributed by atoms with Crippen molar-refractivity contribution >= 4 is 35.3 Å². The first-order chi connectivity index (χ1) is 10.1. The lowest BCUT2D eigenvalue weighted by Gasteiger charge is -2.05. The minimum Gasteiger partial charge on any atom is -0.334 e. The number of rotatable bonds is 4. The molecule has 0 heterocycles. The number of nitrogens with one attached hydrogen (secondary N) is 2. The van der Waals surface area contributed by atoms with Crippen molar-refractivity contribution in [1.82, 2.24) is 10.6 Å². The molecule has 0 bridgehead atoms. The summed E-state index contributed by atoms with van der Waals surface area (Å²) in [5, 5.41) is 6.64. The van der Waals surface area contributed by atoms with Crippen LogP contribution in [-0.4, -0.2) is 6.03 Å². The number of halogens is 2. The molecule has 21 heavy (non-hydrogen) atoms. The maximum absolute atomic E-state index is 11.6. The van der Waals surface area contributed by atoms with Crippen molar-refractivity contribution in [2.75, 3.05) is 0 Å². The molecule has 0 saturated heterocycles. The van der Waals surface area contributed by atoms with Crippen LogP contribution in [0.15, 0.2) is 54.7 Å². The molecule has 0 spiro atoms. The van der Waals surface area contributed by atoms with E-state index in [9.17, 15) is 4.79 Å². The lowest BCUT2D eigenvalue weighted by molar-refractivity contribution is 0.244. The molecule has 2 rings (SSSR count). The lowest BCUT2D eigenvalue weighted by atomic mass is 10.2. The summed E-state index contributed by atoms with van der Waals surface area (Å²) < 4.78 is 0. The van der Waals surface area contributed by atoms with E-state index >= 15 is 0 Å². The second-order valence-electron chi connectivity index (χ2n) is 4.31. The summed E-state index contributed by atoms with van der Waals surface area (Å²) in [5.41, 5.74) is 1.78. The van der Waals surface area contributed by atoms with E-state index < -0.39 is 0 Å². The molecule has 0 aliphatic heterocycles. The highest BCUT2D eigenvalue weighted by Gasteiger charge is 1.99. The highest BCUT2D eigenvalue weighted by atomic mass is 35.5. The molecule has 0 atom stereocenters. The second-order valence-corrected chi connectivity index (χ2v) is 5.16. The molecule has 0 unspecified atom stereocenters. The van der Waals surface area contributed by atoms with Crippen LogP contribution in [-0.2, 0) is 6.54 Å². The van der Waals surface area contributed by atoms with Gasteiger partial charge in [0.05, 0.1) is 0 Å². The van der Waals surface area contributed by atoms with Crippen molar-refractivity contribution in [3.63, 3.8) is 0 Å². The van der Waals surface area contributed by atoms with Crippen molar-refractivity contribution < 1.29 is 4.79 Å². The number of hydrogen-bond donors (Lipinski definition) is 2. The summed E-state index contributed by atoms with van der Waals surface area (Å²) in [6.45, 7) is 0.409. The molecule has 5 heteroatoms. The van der Waals surface area contributed by atoms with E-state index in [4.69, 9.17) is 23.2 Å². The van der Waals surface area contributed by atoms with Crippen LogP contribution in [0.4, 0.5) is 4.79 Å². The minimum atomic E-state index is -0.293. The van der Waals surface area contributed by atoms with E-state index in [1.54, 1.807) is 30.5 Å². The Morgan fingerprint density at radius 2 is 1.90 bits per heavy atom. The van der Waals surface area contributed by atoms with E-state index in [0.29, 0.717) is 16.6 Å². The van der Waals surface area contributed by atoms with Crippen LogP contribution in [0, 0.1) is 0 Å². The molecule has 0 saturated carbocycles. The Hall–Kier alpha value is -1.97. The predicted octanol–water partition coefficient (Wildman–Crippen LogP) is 4.46. The van der Waals surface area contributed by atoms with Gasteiger partial charge in [0.25, 0.3) is 0 Å². The zero-order chi connectivity index (χ0) is 15.1. The number of carbonyl (C=O) groups excluding carboxylic acids is 1. The van der Waals surface area contributed by atoms with Crippen molar-refractivity contribution in [3.05, 3.63) is 75.9 Å². The molecule has 0 aliphatic carbocycles. The van der Waals surface area contributed by atoms with E-state index in [1.165, 1.54) is 0 Å². The van der Waals surface area contributed by atoms with Gasteiger partial charge in [0, 0.05) is 22.8 Å². The van der Waals surface area contributed by atoms with Gasteiger partial charge < -0.3 is 10.6 Å². The van der Waals surface area contributed by atoms with Gasteiger partial charge in [-0.05, 0) is 35.4 Å². The van der Waals surface area contributed by atoms with Crippen LogP contribution in [0.1, 0.15) is 11.1 Å². The van der Waals surface area contributed by atoms with E-state index in [1.807, 2.05) is 30.3 Å². The fourth-order valence-corrected chi connectivity index (χ4v) is 2.11. The Labute approximate surface area is 133 Å². The topological polar surface area (TPSA) is 41.1 Å². The van der Waals surface area contributed by atoms with Gasteiger partial charge in [0.1, 0.15) is 0 Å². The number of carbonyl (C=O) groups is 1. The van der Waals surface area contributed by atoms with Gasteiger partial charge in [-0.15, -0.1) is 0 Å². The lowest BCUT2D eigenvalue weighted by Crippen LogP contribution is -2.31. The number of hydrogen-bond acceptors (Lipinski definition) is 1. The third-order valence-electron chi connectivity index (χ3n) is 2.72. The van der Waals surface area contributed by atoms with E-state index in [-0.39, 0.29) is 6.03 Å². The van der Waals surface area contributed by atoms with Gasteiger partial charge >= 0.3 is 6.03 Å². The van der Waals surface area contributed by atoms with Crippen molar-refractivity contribution in [3.8, 4) is 0 Å². The third-order valence-corrected chi connectivity index (χ3v) is 3.30. The largest absolute Gasteiger partial charge is 0.334 e. The average molecular weight is 321 g/mol. The van der Waals surface area contributed by atoms with Crippen molar-refractivity contribution in [2.24, 2.45) is 0 Å². The maximum Gasteiger partial charge on any atom is 0.319 e. The highest BCUT2D eigenvalue weighted by Crippen LogP contribution is 2.15. The molecule has 2 aromatic carbocycles. The smallest absolute Gasteiger partial charge is 0.319 e. The van der Waals surface area contributed by atoms with Crippen LogP contribution < -0.4 is 10.6 Å². The summed E-state index contributed by atoms with van der Waals surface area (Å²) in [4.78, 5) is 11.6. The monoisotopic (exact) mass is 320 g/mol. The Bertz CT molecular complexity index is 656. The summed E-state index contributed by atoms with van der Waals surface area (Å²) in [6.07, 6.45) is 3.29. The summed E-state index contributed by atoms with van der Waals surface area (Å²) in [7, 11) is 0. The molecule has 2 aromatic rings. The first-order valence-electron chi connectivity index (χ1n) is 6.35. The first kappa shape index (κ1) is 15.4. The van der Waals surface area contributed by atoms with Gasteiger partial charge in [0.15, 0.2) is 0 Å². The van der Waals surface area contributed by atoms with Crippen LogP contribution in [0.2, 0.25) is 10.0 Å². The van der Waals surface area contributed by atoms with Gasteiger partial charge in [-0.25, -0.2) is 4.79 Å². The molecule has 2 amide bonds. The molecule has 0 fully saturated rings. The molecule has 0 radical (unpaired) electrons. The molecular weight excluding hydrogens is 307 g/mol. The summed E-state index contributed by atoms with van der Waals surface area (Å²) in [6, 6.07) is 14.4. The first-order valence-corrected chi connectivity index (χ1v) is 7.10. The van der Waals surface area contributed by atoms with Gasteiger partial charge in [-0.1, -0.05) is 53.5 Å². The quantitative estimate of drug-likeness (QED) is 0.857. The molecule has 0 aliphatic rings. The molecule has 3 nitrogen and oxygen atoms in total. The molecule has 108 valence electrons. The van der Waals surface area contributed by atoms with Crippen molar-refractivity contribution in [2.45, 2.75) is 6.54 Å². The second kappa shape index (κ2) is 7.72. The van der Waals surface area contributed by atoms with Crippen LogP contribution in [0.5, 0.6) is 0 Å². The standard InChI is InChI=1S/C16H14Cl2N2O/c17-14-6-3-4-12(10-14)11-20-16(21)19-9-8-13-5-1-2-7-15(13)18/h1-10H,11H2,(H2,19,20,21). The van der Waals surface area contributed by atoms with Crippen LogP contribution >= 0.6 is 23.2 Å². The summed E-state index contributed by atoms with van der Waals surface area (Å²) in [5.74, 6) is 0. The average Bonchev–Trinajstić information content (AvgIpc) is 2.47. The van der Waals surface area contributed by atoms with Gasteiger partial charge in [-0.2, -0.15) is 0 Å². The van der Waals surface area contributed by atoms with Crippen LogP contribution in [0.25, 0.3) is 6.08 Å². The Morgan fingerprint density at radius 3 is 2.67 bits per heavy atom. The highest BCUT2D eigenvalue weighted by molar-refractivity contribution is 6.32. The Morgan fingerprint density at radius 1 is 1.10 bits per heavy atom. The Balaban J connectivity index is 1.81. The number of benzene rings is 2.